The molecule has 17 heavy (non-hydrogen) atoms. The van der Waals surface area contributed by atoms with Gasteiger partial charge in [-0.15, -0.1) is 0 Å². The van der Waals surface area contributed by atoms with Crippen LogP contribution in [0.2, 0.25) is 0 Å². The van der Waals surface area contributed by atoms with Crippen molar-refractivity contribution >= 4 is 21.9 Å². The SMILES string of the molecule is O=C(O)[C@H]1CCCN1Cc1ccc(F)cc1Br. The molecule has 0 unspecified atom stereocenters. The molecular weight excluding hydrogens is 289 g/mol. The number of carboxylic acid groups (broad SMARTS) is 1. The van der Waals surface area contributed by atoms with E-state index in [1.54, 1.807) is 6.07 Å². The molecule has 1 atom stereocenters. The Morgan fingerprint density at radius 2 is 2.35 bits per heavy atom. The predicted octanol–water partition coefficient (Wildman–Crippen LogP) is 2.64. The van der Waals surface area contributed by atoms with Crippen molar-refractivity contribution in [2.75, 3.05) is 6.54 Å². The first kappa shape index (κ1) is 12.5. The summed E-state index contributed by atoms with van der Waals surface area (Å²) in [7, 11) is 0. The highest BCUT2D eigenvalue weighted by Crippen LogP contribution is 2.24. The maximum absolute atomic E-state index is 12.9. The van der Waals surface area contributed by atoms with Crippen LogP contribution >= 0.6 is 15.9 Å². The second-order valence-corrected chi connectivity index (χ2v) is 5.06. The molecule has 1 aliphatic heterocycles. The molecule has 1 aromatic carbocycles. The molecule has 1 heterocycles. The number of hydrogen-bond acceptors (Lipinski definition) is 2. The van der Waals surface area contributed by atoms with E-state index in [0.29, 0.717) is 17.4 Å². The highest BCUT2D eigenvalue weighted by Gasteiger charge is 2.30. The van der Waals surface area contributed by atoms with Crippen LogP contribution in [0, 0.1) is 5.82 Å². The van der Waals surface area contributed by atoms with E-state index in [-0.39, 0.29) is 5.82 Å². The van der Waals surface area contributed by atoms with Crippen molar-refractivity contribution in [1.82, 2.24) is 4.90 Å². The normalized spacial score (nSPS) is 20.7. The summed E-state index contributed by atoms with van der Waals surface area (Å²) in [4.78, 5) is 12.9. The zero-order chi connectivity index (χ0) is 12.4. The lowest BCUT2D eigenvalue weighted by Gasteiger charge is -2.21. The molecule has 1 aliphatic rings. The fourth-order valence-electron chi connectivity index (χ4n) is 2.16. The van der Waals surface area contributed by atoms with Gasteiger partial charge >= 0.3 is 5.97 Å². The molecule has 5 heteroatoms. The number of rotatable bonds is 3. The van der Waals surface area contributed by atoms with Gasteiger partial charge in [0.05, 0.1) is 0 Å². The first-order chi connectivity index (χ1) is 8.08. The summed E-state index contributed by atoms with van der Waals surface area (Å²) in [5.74, 6) is -1.07. The van der Waals surface area contributed by atoms with E-state index >= 15 is 0 Å². The Hall–Kier alpha value is -0.940. The molecule has 0 aromatic heterocycles. The van der Waals surface area contributed by atoms with Gasteiger partial charge in [-0.2, -0.15) is 0 Å². The predicted molar refractivity (Wildman–Crippen MR) is 65.2 cm³/mol. The van der Waals surface area contributed by atoms with E-state index in [1.165, 1.54) is 12.1 Å². The van der Waals surface area contributed by atoms with E-state index < -0.39 is 12.0 Å². The monoisotopic (exact) mass is 301 g/mol. The van der Waals surface area contributed by atoms with Crippen molar-refractivity contribution in [1.29, 1.82) is 0 Å². The maximum Gasteiger partial charge on any atom is 0.320 e. The van der Waals surface area contributed by atoms with Crippen LogP contribution in [0.4, 0.5) is 4.39 Å². The molecule has 1 N–H and O–H groups in total. The number of nitrogens with zero attached hydrogens (tertiary/aromatic N) is 1. The number of halogens is 2. The summed E-state index contributed by atoms with van der Waals surface area (Å²) in [6.45, 7) is 1.32. The summed E-state index contributed by atoms with van der Waals surface area (Å²) < 4.78 is 13.6. The molecule has 0 aliphatic carbocycles. The maximum atomic E-state index is 12.9. The summed E-state index contributed by atoms with van der Waals surface area (Å²) in [5.41, 5.74) is 0.916. The fraction of sp³-hybridized carbons (Fsp3) is 0.417. The second kappa shape index (κ2) is 5.14. The standard InChI is InChI=1S/C12H13BrFNO2/c13-10-6-9(14)4-3-8(10)7-15-5-1-2-11(15)12(16)17/h3-4,6,11H,1-2,5,7H2,(H,16,17)/t11-/m1/s1. The van der Waals surface area contributed by atoms with Crippen molar-refractivity contribution < 1.29 is 14.3 Å². The Balaban J connectivity index is 2.12. The topological polar surface area (TPSA) is 40.5 Å². The number of carbonyl (C=O) groups is 1. The van der Waals surface area contributed by atoms with E-state index in [0.717, 1.165) is 18.5 Å². The number of carboxylic acids is 1. The van der Waals surface area contributed by atoms with Gasteiger partial charge in [-0.3, -0.25) is 9.69 Å². The van der Waals surface area contributed by atoms with Crippen LogP contribution in [0.15, 0.2) is 22.7 Å². The molecule has 0 amide bonds. The van der Waals surface area contributed by atoms with Crippen molar-refractivity contribution in [3.63, 3.8) is 0 Å². The van der Waals surface area contributed by atoms with Crippen molar-refractivity contribution in [3.05, 3.63) is 34.1 Å². The molecule has 1 aromatic rings. The molecule has 0 radical (unpaired) electrons. The van der Waals surface area contributed by atoms with Gasteiger partial charge in [0.25, 0.3) is 0 Å². The average Bonchev–Trinajstić information content (AvgIpc) is 2.70. The third kappa shape index (κ3) is 2.84. The van der Waals surface area contributed by atoms with Gasteiger partial charge < -0.3 is 5.11 Å². The average molecular weight is 302 g/mol. The lowest BCUT2D eigenvalue weighted by Crippen LogP contribution is -2.35. The van der Waals surface area contributed by atoms with E-state index in [4.69, 9.17) is 5.11 Å². The number of likely N-dealkylation sites (tertiary alicyclic amines) is 1. The highest BCUT2D eigenvalue weighted by molar-refractivity contribution is 9.10. The van der Waals surface area contributed by atoms with Crippen LogP contribution in [0.5, 0.6) is 0 Å². The van der Waals surface area contributed by atoms with Crippen LogP contribution in [-0.4, -0.2) is 28.6 Å². The molecule has 0 bridgehead atoms. The Labute approximate surface area is 107 Å². The molecule has 0 spiro atoms. The molecule has 1 saturated heterocycles. The first-order valence-corrected chi connectivity index (χ1v) is 6.28. The third-order valence-electron chi connectivity index (χ3n) is 3.04. The summed E-state index contributed by atoms with van der Waals surface area (Å²) in [5, 5.41) is 9.06. The first-order valence-electron chi connectivity index (χ1n) is 5.48. The van der Waals surface area contributed by atoms with Crippen LogP contribution in [0.3, 0.4) is 0 Å². The Morgan fingerprint density at radius 3 is 3.00 bits per heavy atom. The minimum Gasteiger partial charge on any atom is -0.480 e. The van der Waals surface area contributed by atoms with Gasteiger partial charge in [0.2, 0.25) is 0 Å². The van der Waals surface area contributed by atoms with Gasteiger partial charge in [-0.1, -0.05) is 22.0 Å². The summed E-state index contributed by atoms with van der Waals surface area (Å²) >= 11 is 3.30. The molecule has 92 valence electrons. The lowest BCUT2D eigenvalue weighted by molar-refractivity contribution is -0.142. The minimum atomic E-state index is -0.777. The Morgan fingerprint density at radius 1 is 1.59 bits per heavy atom. The molecule has 1 fully saturated rings. The minimum absolute atomic E-state index is 0.295. The lowest BCUT2D eigenvalue weighted by atomic mass is 10.2. The van der Waals surface area contributed by atoms with E-state index in [1.807, 2.05) is 4.90 Å². The van der Waals surface area contributed by atoms with Crippen molar-refractivity contribution in [3.8, 4) is 0 Å². The molecular formula is C12H13BrFNO2. The van der Waals surface area contributed by atoms with Crippen LogP contribution in [0.1, 0.15) is 18.4 Å². The van der Waals surface area contributed by atoms with Gasteiger partial charge in [0, 0.05) is 11.0 Å². The van der Waals surface area contributed by atoms with Crippen LogP contribution in [0.25, 0.3) is 0 Å². The van der Waals surface area contributed by atoms with Crippen LogP contribution in [-0.2, 0) is 11.3 Å². The van der Waals surface area contributed by atoms with Gasteiger partial charge in [0.15, 0.2) is 0 Å². The second-order valence-electron chi connectivity index (χ2n) is 4.20. The smallest absolute Gasteiger partial charge is 0.320 e. The summed E-state index contributed by atoms with van der Waals surface area (Å²) in [6.07, 6.45) is 1.59. The van der Waals surface area contributed by atoms with Crippen LogP contribution < -0.4 is 0 Å². The molecule has 3 nitrogen and oxygen atoms in total. The summed E-state index contributed by atoms with van der Waals surface area (Å²) in [6, 6.07) is 4.08. The van der Waals surface area contributed by atoms with E-state index in [9.17, 15) is 9.18 Å². The van der Waals surface area contributed by atoms with E-state index in [2.05, 4.69) is 15.9 Å². The Bertz CT molecular complexity index is 439. The van der Waals surface area contributed by atoms with Crippen molar-refractivity contribution in [2.24, 2.45) is 0 Å². The highest BCUT2D eigenvalue weighted by atomic mass is 79.9. The zero-order valence-corrected chi connectivity index (χ0v) is 10.8. The fourth-order valence-corrected chi connectivity index (χ4v) is 2.64. The largest absolute Gasteiger partial charge is 0.480 e. The molecule has 0 saturated carbocycles. The van der Waals surface area contributed by atoms with Gasteiger partial charge in [-0.25, -0.2) is 4.39 Å². The number of benzene rings is 1. The number of aliphatic carboxylic acids is 1. The number of hydrogen-bond donors (Lipinski definition) is 1. The van der Waals surface area contributed by atoms with Gasteiger partial charge in [-0.05, 0) is 37.1 Å². The third-order valence-corrected chi connectivity index (χ3v) is 3.78. The quantitative estimate of drug-likeness (QED) is 0.933. The zero-order valence-electron chi connectivity index (χ0n) is 9.20. The Kier molecular flexibility index (Phi) is 3.79. The van der Waals surface area contributed by atoms with Crippen molar-refractivity contribution in [2.45, 2.75) is 25.4 Å². The van der Waals surface area contributed by atoms with Gasteiger partial charge in [0.1, 0.15) is 11.9 Å². The molecule has 2 rings (SSSR count).